The largest absolute Gasteiger partial charge is 0.481 e. The van der Waals surface area contributed by atoms with Gasteiger partial charge in [0.1, 0.15) is 11.5 Å². The van der Waals surface area contributed by atoms with Crippen LogP contribution in [-0.2, 0) is 4.79 Å². The van der Waals surface area contributed by atoms with Gasteiger partial charge in [-0.15, -0.1) is 0 Å². The minimum atomic E-state index is -0.922. The van der Waals surface area contributed by atoms with E-state index < -0.39 is 11.9 Å². The molecule has 2 N–H and O–H groups in total. The van der Waals surface area contributed by atoms with Crippen LogP contribution < -0.4 is 0 Å². The first-order valence-corrected chi connectivity index (χ1v) is 9.09. The molecular formula is C21H20N4O3. The number of carbonyl (C=O) groups is 2. The predicted molar refractivity (Wildman–Crippen MR) is 103 cm³/mol. The molecule has 0 radical (unpaired) electrons. The van der Waals surface area contributed by atoms with E-state index in [-0.39, 0.29) is 18.4 Å². The Bertz CT molecular complexity index is 1000. The van der Waals surface area contributed by atoms with E-state index in [1.807, 2.05) is 42.5 Å². The molecule has 0 spiro atoms. The van der Waals surface area contributed by atoms with Crippen molar-refractivity contribution in [1.82, 2.24) is 19.9 Å². The monoisotopic (exact) mass is 376 g/mol. The number of aromatic amines is 1. The molecule has 2 atom stereocenters. The Balaban J connectivity index is 1.60. The fourth-order valence-electron chi connectivity index (χ4n) is 3.67. The highest BCUT2D eigenvalue weighted by Gasteiger charge is 2.42. The number of hydrogen-bond acceptors (Lipinski definition) is 4. The lowest BCUT2D eigenvalue weighted by Crippen LogP contribution is -2.30. The Labute approximate surface area is 162 Å². The third kappa shape index (κ3) is 3.26. The van der Waals surface area contributed by atoms with Crippen molar-refractivity contribution in [3.63, 3.8) is 0 Å². The number of aryl methyl sites for hydroxylation is 1. The lowest BCUT2D eigenvalue weighted by molar-refractivity contribution is -0.141. The summed E-state index contributed by atoms with van der Waals surface area (Å²) in [6.07, 6.45) is 1.64. The zero-order valence-electron chi connectivity index (χ0n) is 15.4. The lowest BCUT2D eigenvalue weighted by Gasteiger charge is -2.15. The molecule has 4 rings (SSSR count). The molecule has 0 bridgehead atoms. The van der Waals surface area contributed by atoms with E-state index in [9.17, 15) is 14.7 Å². The molecule has 1 saturated heterocycles. The Morgan fingerprint density at radius 1 is 1.11 bits per heavy atom. The van der Waals surface area contributed by atoms with Crippen LogP contribution in [0.4, 0.5) is 0 Å². The number of nitrogens with zero attached hydrogens (tertiary/aromatic N) is 3. The second-order valence-electron chi connectivity index (χ2n) is 6.94. The summed E-state index contributed by atoms with van der Waals surface area (Å²) in [5.74, 6) is -1.59. The predicted octanol–water partition coefficient (Wildman–Crippen LogP) is 2.72. The third-order valence-corrected chi connectivity index (χ3v) is 5.13. The maximum atomic E-state index is 13.1. The maximum absolute atomic E-state index is 13.1. The molecule has 1 amide bonds. The van der Waals surface area contributed by atoms with Crippen molar-refractivity contribution >= 4 is 11.9 Å². The number of carboxylic acid groups (broad SMARTS) is 1. The number of imidazole rings is 1. The molecule has 3 aromatic rings. The fourth-order valence-corrected chi connectivity index (χ4v) is 3.67. The van der Waals surface area contributed by atoms with Crippen LogP contribution in [0.2, 0.25) is 0 Å². The highest BCUT2D eigenvalue weighted by atomic mass is 16.4. The SMILES string of the molecule is Cc1[nH]c(-c2ccccc2)nc1C(=O)N1C[C@H](C(=O)O)[C@@H](c2ccccn2)C1. The van der Waals surface area contributed by atoms with Crippen molar-refractivity contribution in [2.24, 2.45) is 5.92 Å². The van der Waals surface area contributed by atoms with E-state index in [1.54, 1.807) is 24.1 Å². The maximum Gasteiger partial charge on any atom is 0.309 e. The van der Waals surface area contributed by atoms with Crippen molar-refractivity contribution in [1.29, 1.82) is 0 Å². The summed E-state index contributed by atoms with van der Waals surface area (Å²) < 4.78 is 0. The van der Waals surface area contributed by atoms with Crippen molar-refractivity contribution in [3.8, 4) is 11.4 Å². The van der Waals surface area contributed by atoms with Crippen LogP contribution in [0.25, 0.3) is 11.4 Å². The van der Waals surface area contributed by atoms with E-state index in [0.29, 0.717) is 29.5 Å². The van der Waals surface area contributed by atoms with Crippen LogP contribution in [0, 0.1) is 12.8 Å². The smallest absolute Gasteiger partial charge is 0.309 e. The molecule has 1 fully saturated rings. The molecular weight excluding hydrogens is 356 g/mol. The minimum absolute atomic E-state index is 0.141. The van der Waals surface area contributed by atoms with Crippen LogP contribution in [0.5, 0.6) is 0 Å². The molecule has 0 aliphatic carbocycles. The van der Waals surface area contributed by atoms with Crippen molar-refractivity contribution in [3.05, 3.63) is 71.8 Å². The van der Waals surface area contributed by atoms with E-state index in [1.165, 1.54) is 0 Å². The zero-order chi connectivity index (χ0) is 19.7. The highest BCUT2D eigenvalue weighted by Crippen LogP contribution is 2.33. The van der Waals surface area contributed by atoms with Crippen molar-refractivity contribution in [2.45, 2.75) is 12.8 Å². The van der Waals surface area contributed by atoms with Gasteiger partial charge in [-0.3, -0.25) is 14.6 Å². The first kappa shape index (κ1) is 17.9. The van der Waals surface area contributed by atoms with Gasteiger partial charge in [0, 0.05) is 42.2 Å². The molecule has 7 heteroatoms. The van der Waals surface area contributed by atoms with Crippen LogP contribution in [0.1, 0.15) is 27.8 Å². The number of likely N-dealkylation sites (tertiary alicyclic amines) is 1. The quantitative estimate of drug-likeness (QED) is 0.729. The molecule has 2 aromatic heterocycles. The summed E-state index contributed by atoms with van der Waals surface area (Å²) in [4.78, 5) is 38.3. The number of carboxylic acids is 1. The molecule has 1 aliphatic heterocycles. The normalized spacial score (nSPS) is 19.0. The highest BCUT2D eigenvalue weighted by molar-refractivity contribution is 5.95. The minimum Gasteiger partial charge on any atom is -0.481 e. The Morgan fingerprint density at radius 3 is 2.54 bits per heavy atom. The van der Waals surface area contributed by atoms with Gasteiger partial charge in [-0.25, -0.2) is 4.98 Å². The standard InChI is InChI=1S/C21H20N4O3/c1-13-18(24-19(23-13)14-7-3-2-4-8-14)20(26)25-11-15(16(12-25)21(27)28)17-9-5-6-10-22-17/h2-10,15-16H,11-12H2,1H3,(H,23,24)(H,27,28)/t15-,16-/m0/s1. The van der Waals surface area contributed by atoms with Gasteiger partial charge in [-0.1, -0.05) is 36.4 Å². The van der Waals surface area contributed by atoms with Crippen LogP contribution >= 0.6 is 0 Å². The van der Waals surface area contributed by atoms with Gasteiger partial charge < -0.3 is 15.0 Å². The Morgan fingerprint density at radius 2 is 1.86 bits per heavy atom. The summed E-state index contributed by atoms with van der Waals surface area (Å²) in [5.41, 5.74) is 2.57. The number of rotatable bonds is 4. The van der Waals surface area contributed by atoms with Crippen molar-refractivity contribution in [2.75, 3.05) is 13.1 Å². The first-order chi connectivity index (χ1) is 13.5. The van der Waals surface area contributed by atoms with Gasteiger partial charge in [0.25, 0.3) is 5.91 Å². The second-order valence-corrected chi connectivity index (χ2v) is 6.94. The molecule has 28 heavy (non-hydrogen) atoms. The van der Waals surface area contributed by atoms with Gasteiger partial charge in [0.15, 0.2) is 0 Å². The average Bonchev–Trinajstić information content (AvgIpc) is 3.33. The number of aliphatic carboxylic acids is 1. The van der Waals surface area contributed by atoms with E-state index in [0.717, 1.165) is 5.56 Å². The Hall–Kier alpha value is -3.48. The zero-order valence-corrected chi connectivity index (χ0v) is 15.4. The molecule has 3 heterocycles. The fraction of sp³-hybridized carbons (Fsp3) is 0.238. The summed E-state index contributed by atoms with van der Waals surface area (Å²) in [5, 5.41) is 9.63. The number of benzene rings is 1. The van der Waals surface area contributed by atoms with Crippen LogP contribution in [0.15, 0.2) is 54.7 Å². The number of carbonyl (C=O) groups excluding carboxylic acids is 1. The summed E-state index contributed by atoms with van der Waals surface area (Å²) in [6.45, 7) is 2.25. The lowest BCUT2D eigenvalue weighted by atomic mass is 9.93. The molecule has 142 valence electrons. The van der Waals surface area contributed by atoms with E-state index in [2.05, 4.69) is 15.0 Å². The number of amides is 1. The number of aromatic nitrogens is 3. The van der Waals surface area contributed by atoms with Gasteiger partial charge in [-0.05, 0) is 19.1 Å². The van der Waals surface area contributed by atoms with Gasteiger partial charge in [0.05, 0.1) is 5.92 Å². The van der Waals surface area contributed by atoms with E-state index >= 15 is 0 Å². The third-order valence-electron chi connectivity index (χ3n) is 5.13. The first-order valence-electron chi connectivity index (χ1n) is 9.09. The number of pyridine rings is 1. The topological polar surface area (TPSA) is 99.2 Å². The van der Waals surface area contributed by atoms with Gasteiger partial charge in [-0.2, -0.15) is 0 Å². The molecule has 1 aromatic carbocycles. The summed E-state index contributed by atoms with van der Waals surface area (Å²) in [7, 11) is 0. The number of hydrogen-bond donors (Lipinski definition) is 2. The second kappa shape index (κ2) is 7.26. The van der Waals surface area contributed by atoms with E-state index in [4.69, 9.17) is 0 Å². The Kier molecular flexibility index (Phi) is 4.65. The molecule has 0 saturated carbocycles. The van der Waals surface area contributed by atoms with Gasteiger partial charge in [0.2, 0.25) is 0 Å². The van der Waals surface area contributed by atoms with Crippen molar-refractivity contribution < 1.29 is 14.7 Å². The van der Waals surface area contributed by atoms with Gasteiger partial charge >= 0.3 is 5.97 Å². The number of H-pyrrole nitrogens is 1. The molecule has 0 unspecified atom stereocenters. The van der Waals surface area contributed by atoms with Crippen LogP contribution in [0.3, 0.4) is 0 Å². The summed E-state index contributed by atoms with van der Waals surface area (Å²) >= 11 is 0. The summed E-state index contributed by atoms with van der Waals surface area (Å²) in [6, 6.07) is 15.0. The average molecular weight is 376 g/mol. The molecule has 7 nitrogen and oxygen atoms in total. The molecule has 1 aliphatic rings. The number of nitrogens with one attached hydrogen (secondary N) is 1. The van der Waals surface area contributed by atoms with Crippen LogP contribution in [-0.4, -0.2) is 49.9 Å².